The molecule has 128 valence electrons. The zero-order valence-corrected chi connectivity index (χ0v) is 14.8. The summed E-state index contributed by atoms with van der Waals surface area (Å²) >= 11 is 1.37. The molecule has 6 nitrogen and oxygen atoms in total. The predicted octanol–water partition coefficient (Wildman–Crippen LogP) is 2.91. The summed E-state index contributed by atoms with van der Waals surface area (Å²) in [6.45, 7) is 3.80. The van der Waals surface area contributed by atoms with Crippen molar-refractivity contribution in [2.45, 2.75) is 36.6 Å². The van der Waals surface area contributed by atoms with Gasteiger partial charge in [0, 0.05) is 13.1 Å². The maximum atomic E-state index is 11.8. The van der Waals surface area contributed by atoms with Crippen molar-refractivity contribution in [1.29, 1.82) is 0 Å². The van der Waals surface area contributed by atoms with Crippen LogP contribution in [0.3, 0.4) is 0 Å². The summed E-state index contributed by atoms with van der Waals surface area (Å²) in [7, 11) is 1.40. The summed E-state index contributed by atoms with van der Waals surface area (Å²) in [6.07, 6.45) is 3.60. The number of aromatic nitrogens is 3. The van der Waals surface area contributed by atoms with Gasteiger partial charge < -0.3 is 9.64 Å². The monoisotopic (exact) mass is 346 g/mol. The van der Waals surface area contributed by atoms with Crippen LogP contribution < -0.4 is 4.90 Å². The summed E-state index contributed by atoms with van der Waals surface area (Å²) < 4.78 is 6.86. The van der Waals surface area contributed by atoms with E-state index in [0.717, 1.165) is 24.7 Å². The van der Waals surface area contributed by atoms with E-state index in [9.17, 15) is 4.79 Å². The molecule has 2 aromatic rings. The van der Waals surface area contributed by atoms with E-state index in [1.807, 2.05) is 41.8 Å². The first-order valence-corrected chi connectivity index (χ1v) is 9.09. The molecular formula is C17H22N4O2S. The summed E-state index contributed by atoms with van der Waals surface area (Å²) in [5, 5.41) is 9.14. The normalized spacial score (nSPS) is 16.0. The number of hydrogen-bond donors (Lipinski definition) is 0. The van der Waals surface area contributed by atoms with Crippen LogP contribution in [0.1, 0.15) is 26.2 Å². The average molecular weight is 346 g/mol. The second kappa shape index (κ2) is 7.70. The quantitative estimate of drug-likeness (QED) is 0.613. The third kappa shape index (κ3) is 3.56. The van der Waals surface area contributed by atoms with Gasteiger partial charge in [-0.2, -0.15) is 0 Å². The van der Waals surface area contributed by atoms with Crippen LogP contribution in [0.15, 0.2) is 35.5 Å². The van der Waals surface area contributed by atoms with E-state index in [-0.39, 0.29) is 11.2 Å². The summed E-state index contributed by atoms with van der Waals surface area (Å²) in [5.41, 5.74) is 1.00. The van der Waals surface area contributed by atoms with E-state index < -0.39 is 0 Å². The highest BCUT2D eigenvalue weighted by atomic mass is 32.2. The first-order valence-electron chi connectivity index (χ1n) is 8.21. The van der Waals surface area contributed by atoms with Gasteiger partial charge in [0.15, 0.2) is 5.16 Å². The molecule has 1 saturated heterocycles. The largest absolute Gasteiger partial charge is 0.468 e. The number of methoxy groups -OCH3 is 1. The average Bonchev–Trinajstić information content (AvgIpc) is 3.06. The molecule has 0 spiro atoms. The van der Waals surface area contributed by atoms with E-state index >= 15 is 0 Å². The topological polar surface area (TPSA) is 60.2 Å². The van der Waals surface area contributed by atoms with Crippen molar-refractivity contribution in [2.24, 2.45) is 0 Å². The van der Waals surface area contributed by atoms with E-state index in [1.165, 1.54) is 38.1 Å². The van der Waals surface area contributed by atoms with Crippen molar-refractivity contribution in [3.8, 4) is 5.69 Å². The fourth-order valence-electron chi connectivity index (χ4n) is 2.81. The maximum absolute atomic E-state index is 11.8. The molecule has 1 aromatic carbocycles. The lowest BCUT2D eigenvalue weighted by Gasteiger charge is -2.27. The molecule has 0 aliphatic carbocycles. The lowest BCUT2D eigenvalue weighted by atomic mass is 10.1. The molecule has 2 heterocycles. The zero-order chi connectivity index (χ0) is 16.9. The fraction of sp³-hybridized carbons (Fsp3) is 0.471. The molecule has 0 N–H and O–H groups in total. The number of anilines is 1. The van der Waals surface area contributed by atoms with E-state index in [4.69, 9.17) is 4.74 Å². The number of piperidine rings is 1. The van der Waals surface area contributed by atoms with Crippen LogP contribution in [0.5, 0.6) is 0 Å². The van der Waals surface area contributed by atoms with Crippen molar-refractivity contribution in [1.82, 2.24) is 14.8 Å². The molecule has 3 rings (SSSR count). The molecule has 0 bridgehead atoms. The molecule has 1 unspecified atom stereocenters. The van der Waals surface area contributed by atoms with Crippen LogP contribution in [0, 0.1) is 0 Å². The Bertz CT molecular complexity index is 683. The number of nitrogens with zero attached hydrogens (tertiary/aromatic N) is 4. The number of para-hydroxylation sites is 1. The highest BCUT2D eigenvalue weighted by Gasteiger charge is 2.24. The Hall–Kier alpha value is -2.02. The maximum Gasteiger partial charge on any atom is 0.318 e. The first-order chi connectivity index (χ1) is 11.7. The molecule has 1 fully saturated rings. The van der Waals surface area contributed by atoms with Gasteiger partial charge in [-0.05, 0) is 38.3 Å². The summed E-state index contributed by atoms with van der Waals surface area (Å²) in [5.74, 6) is 0.586. The lowest BCUT2D eigenvalue weighted by molar-refractivity contribution is -0.139. The standard InChI is InChI=1S/C17H22N4O2S/c1-13(15(22)23-2)24-17-19-18-16(20-11-7-4-8-12-20)21(17)14-9-5-3-6-10-14/h3,5-6,9-10,13H,4,7-8,11-12H2,1-2H3. The Labute approximate surface area is 146 Å². The number of carbonyl (C=O) groups is 1. The Kier molecular flexibility index (Phi) is 5.40. The molecule has 1 aromatic heterocycles. The van der Waals surface area contributed by atoms with Gasteiger partial charge in [-0.15, -0.1) is 10.2 Å². The van der Waals surface area contributed by atoms with Gasteiger partial charge in [-0.1, -0.05) is 30.0 Å². The molecule has 1 aliphatic heterocycles. The molecule has 1 aliphatic rings. The highest BCUT2D eigenvalue weighted by Crippen LogP contribution is 2.30. The van der Waals surface area contributed by atoms with Gasteiger partial charge >= 0.3 is 5.97 Å². The Morgan fingerprint density at radius 2 is 1.88 bits per heavy atom. The third-order valence-electron chi connectivity index (χ3n) is 4.08. The Balaban J connectivity index is 1.96. The molecule has 0 radical (unpaired) electrons. The molecule has 1 atom stereocenters. The van der Waals surface area contributed by atoms with Gasteiger partial charge in [0.05, 0.1) is 12.8 Å². The van der Waals surface area contributed by atoms with Crippen molar-refractivity contribution < 1.29 is 9.53 Å². The van der Waals surface area contributed by atoms with Crippen LogP contribution in [0.25, 0.3) is 5.69 Å². The summed E-state index contributed by atoms with van der Waals surface area (Å²) in [4.78, 5) is 14.0. The van der Waals surface area contributed by atoms with Crippen LogP contribution >= 0.6 is 11.8 Å². The van der Waals surface area contributed by atoms with Gasteiger partial charge in [-0.3, -0.25) is 9.36 Å². The van der Waals surface area contributed by atoms with Gasteiger partial charge in [-0.25, -0.2) is 0 Å². The SMILES string of the molecule is COC(=O)C(C)Sc1nnc(N2CCCCC2)n1-c1ccccc1. The van der Waals surface area contributed by atoms with Gasteiger partial charge in [0.25, 0.3) is 0 Å². The number of hydrogen-bond acceptors (Lipinski definition) is 6. The number of carbonyl (C=O) groups excluding carboxylic acids is 1. The van der Waals surface area contributed by atoms with Crippen LogP contribution in [0.4, 0.5) is 5.95 Å². The van der Waals surface area contributed by atoms with Gasteiger partial charge in [0.1, 0.15) is 5.25 Å². The van der Waals surface area contributed by atoms with Crippen molar-refractivity contribution in [2.75, 3.05) is 25.1 Å². The third-order valence-corrected chi connectivity index (χ3v) is 5.11. The minimum Gasteiger partial charge on any atom is -0.468 e. The van der Waals surface area contributed by atoms with Crippen LogP contribution in [-0.4, -0.2) is 46.2 Å². The molecule has 0 saturated carbocycles. The zero-order valence-electron chi connectivity index (χ0n) is 14.0. The summed E-state index contributed by atoms with van der Waals surface area (Å²) in [6, 6.07) is 10.0. The minimum atomic E-state index is -0.337. The molecule has 7 heteroatoms. The molecule has 0 amide bonds. The number of rotatable bonds is 5. The second-order valence-electron chi connectivity index (χ2n) is 5.78. The van der Waals surface area contributed by atoms with E-state index in [2.05, 4.69) is 15.1 Å². The lowest BCUT2D eigenvalue weighted by Crippen LogP contribution is -2.31. The highest BCUT2D eigenvalue weighted by molar-refractivity contribution is 8.00. The molecular weight excluding hydrogens is 324 g/mol. The van der Waals surface area contributed by atoms with Crippen LogP contribution in [-0.2, 0) is 9.53 Å². The predicted molar refractivity (Wildman–Crippen MR) is 94.8 cm³/mol. The number of esters is 1. The molecule has 24 heavy (non-hydrogen) atoms. The van der Waals surface area contributed by atoms with Crippen molar-refractivity contribution in [3.05, 3.63) is 30.3 Å². The van der Waals surface area contributed by atoms with E-state index in [0.29, 0.717) is 5.16 Å². The first kappa shape index (κ1) is 16.8. The second-order valence-corrected chi connectivity index (χ2v) is 7.09. The smallest absolute Gasteiger partial charge is 0.318 e. The fourth-order valence-corrected chi connectivity index (χ4v) is 3.70. The van der Waals surface area contributed by atoms with E-state index in [1.54, 1.807) is 0 Å². The Morgan fingerprint density at radius 1 is 1.17 bits per heavy atom. The van der Waals surface area contributed by atoms with Crippen LogP contribution in [0.2, 0.25) is 0 Å². The van der Waals surface area contributed by atoms with Gasteiger partial charge in [0.2, 0.25) is 5.95 Å². The van der Waals surface area contributed by atoms with Crippen molar-refractivity contribution in [3.63, 3.8) is 0 Å². The minimum absolute atomic E-state index is 0.262. The number of thioether (sulfide) groups is 1. The number of ether oxygens (including phenoxy) is 1. The van der Waals surface area contributed by atoms with Crippen molar-refractivity contribution >= 4 is 23.7 Å². The number of benzene rings is 1. The Morgan fingerprint density at radius 3 is 2.54 bits per heavy atom.